The predicted molar refractivity (Wildman–Crippen MR) is 278 cm³/mol. The molecule has 0 saturated heterocycles. The minimum atomic E-state index is -2.61. The zero-order valence-electron chi connectivity index (χ0n) is 47.2. The molecular formula is C61H50N4O. The van der Waals surface area contributed by atoms with Gasteiger partial charge in [0.25, 0.3) is 0 Å². The maximum atomic E-state index is 9.45. The molecule has 0 bridgehead atoms. The highest BCUT2D eigenvalue weighted by Gasteiger charge is 2.25. The van der Waals surface area contributed by atoms with Gasteiger partial charge in [-0.3, -0.25) is 4.57 Å². The van der Waals surface area contributed by atoms with Crippen molar-refractivity contribution in [2.24, 2.45) is 0 Å². The summed E-state index contributed by atoms with van der Waals surface area (Å²) >= 11 is 0. The van der Waals surface area contributed by atoms with Gasteiger partial charge in [-0.05, 0) is 112 Å². The van der Waals surface area contributed by atoms with Crippen molar-refractivity contribution >= 4 is 76.5 Å². The van der Waals surface area contributed by atoms with Crippen LogP contribution in [0.3, 0.4) is 0 Å². The number of aryl methyl sites for hydroxylation is 3. The van der Waals surface area contributed by atoms with Gasteiger partial charge < -0.3 is 14.2 Å². The number of nitrogens with zero attached hydrogens (tertiary/aromatic N) is 4. The van der Waals surface area contributed by atoms with Crippen LogP contribution in [0.1, 0.15) is 56.7 Å². The van der Waals surface area contributed by atoms with E-state index in [1.54, 1.807) is 24.3 Å². The first-order valence-electron chi connectivity index (χ1n) is 27.1. The number of hydrogen-bond donors (Lipinski definition) is 0. The van der Waals surface area contributed by atoms with E-state index in [0.717, 1.165) is 65.7 Å². The lowest BCUT2D eigenvalue weighted by Crippen LogP contribution is -2.14. The van der Waals surface area contributed by atoms with Crippen LogP contribution < -0.4 is 9.64 Å². The van der Waals surface area contributed by atoms with Gasteiger partial charge in [0, 0.05) is 55.2 Å². The third-order valence-electron chi connectivity index (χ3n) is 13.1. The molecular weight excluding hydrogens is 805 g/mol. The maximum absolute atomic E-state index is 9.45. The molecule has 0 amide bonds. The van der Waals surface area contributed by atoms with E-state index in [2.05, 4.69) is 99.8 Å². The monoisotopic (exact) mass is 864 g/mol. The number of benzene rings is 8. The average Bonchev–Trinajstić information content (AvgIpc) is 3.98. The number of aromatic nitrogens is 3. The molecule has 12 rings (SSSR count). The van der Waals surface area contributed by atoms with E-state index in [-0.39, 0.29) is 76.1 Å². The lowest BCUT2D eigenvalue weighted by molar-refractivity contribution is 0.483. The molecule has 0 fully saturated rings. The van der Waals surface area contributed by atoms with Crippen LogP contribution in [0.25, 0.3) is 82.1 Å². The summed E-state index contributed by atoms with van der Waals surface area (Å²) < 4.78 is 100. The molecule has 0 N–H and O–H groups in total. The van der Waals surface area contributed by atoms with Crippen LogP contribution in [-0.4, -0.2) is 14.1 Å². The Morgan fingerprint density at radius 3 is 2.15 bits per heavy atom. The van der Waals surface area contributed by atoms with Gasteiger partial charge >= 0.3 is 0 Å². The molecule has 5 heteroatoms. The molecule has 1 aliphatic heterocycles. The van der Waals surface area contributed by atoms with Crippen molar-refractivity contribution in [3.8, 4) is 28.4 Å². The first kappa shape index (κ1) is 30.3. The molecule has 0 unspecified atom stereocenters. The molecule has 0 saturated carbocycles. The highest BCUT2D eigenvalue weighted by Crippen LogP contribution is 2.44. The molecule has 0 spiro atoms. The fourth-order valence-corrected chi connectivity index (χ4v) is 9.86. The number of para-hydroxylation sites is 3. The molecule has 0 atom stereocenters. The molecule has 0 aliphatic carbocycles. The Balaban J connectivity index is 1.04. The first-order chi connectivity index (χ1) is 36.2. The standard InChI is InChI=1S/C61H50N4O/c1-38-24-30-48-46-17-7-8-18-47(46)51-21-13-23-56-60(51)64(59-39(2)14-11-20-52(59)53(48)32-38)37-63(56)43-15-12-16-44(34-43)66-45-29-31-50-49-19-9-10-22-55(49)65(57(50)35-45)58-33-40(3)54(36-62-58)41-25-27-42(28-26-41)61(4,5)6/h7-36H,37H2,1-6H3/i3D3,9D,10D,12D,15D,16D,19D,22D. The quantitative estimate of drug-likeness (QED) is 0.173. The van der Waals surface area contributed by atoms with Crippen LogP contribution in [0.5, 0.6) is 11.5 Å². The Morgan fingerprint density at radius 1 is 0.591 bits per heavy atom. The van der Waals surface area contributed by atoms with Crippen molar-refractivity contribution in [2.45, 2.75) is 53.6 Å². The van der Waals surface area contributed by atoms with Gasteiger partial charge in [0.05, 0.1) is 37.3 Å². The number of pyridine rings is 1. The molecule has 66 heavy (non-hydrogen) atoms. The zero-order valence-corrected chi connectivity index (χ0v) is 37.2. The van der Waals surface area contributed by atoms with Crippen molar-refractivity contribution < 1.29 is 18.4 Å². The van der Waals surface area contributed by atoms with Gasteiger partial charge in [0.15, 0.2) is 0 Å². The van der Waals surface area contributed by atoms with Crippen LogP contribution in [0, 0.1) is 20.7 Å². The third-order valence-corrected chi connectivity index (χ3v) is 13.1. The van der Waals surface area contributed by atoms with E-state index in [4.69, 9.17) is 17.9 Å². The normalized spacial score (nSPS) is 15.0. The van der Waals surface area contributed by atoms with Crippen molar-refractivity contribution in [1.29, 1.82) is 0 Å². The number of fused-ring (bicyclic) bond motifs is 10. The summed E-state index contributed by atoms with van der Waals surface area (Å²) in [6, 6.07) is 40.9. The van der Waals surface area contributed by atoms with E-state index in [0.29, 0.717) is 27.7 Å². The second kappa shape index (κ2) is 15.1. The highest BCUT2D eigenvalue weighted by atomic mass is 16.5. The minimum Gasteiger partial charge on any atom is -0.457 e. The topological polar surface area (TPSA) is 35.2 Å². The Morgan fingerprint density at radius 2 is 1.33 bits per heavy atom. The molecule has 3 aromatic heterocycles. The number of anilines is 2. The zero-order chi connectivity index (χ0) is 53.4. The predicted octanol–water partition coefficient (Wildman–Crippen LogP) is 16.5. The highest BCUT2D eigenvalue weighted by molar-refractivity contribution is 6.21. The van der Waals surface area contributed by atoms with Gasteiger partial charge in [-0.25, -0.2) is 4.98 Å². The van der Waals surface area contributed by atoms with Crippen LogP contribution >= 0.6 is 0 Å². The van der Waals surface area contributed by atoms with Gasteiger partial charge in [-0.15, -0.1) is 0 Å². The SMILES string of the molecule is [2H]c1c(Oc2ccc3c4c([2H])c([2H])c([2H])c([2H])c4n(-c4cc(C([2H])([2H])[2H])c(-c5ccc(C(C)(C)C)cc5)cn4)c3c2)cc(N2Cn3c4c(C)cccc4c4cc(C)ccc4c4ccccc4c4cccc2c43)c([2H])c1[2H]. The molecule has 8 aromatic carbocycles. The van der Waals surface area contributed by atoms with E-state index in [9.17, 15) is 5.48 Å². The second-order valence-electron chi connectivity index (χ2n) is 18.3. The summed E-state index contributed by atoms with van der Waals surface area (Å²) in [7, 11) is 0. The van der Waals surface area contributed by atoms with Crippen molar-refractivity contribution in [3.63, 3.8) is 0 Å². The molecule has 11 aromatic rings. The van der Waals surface area contributed by atoms with E-state index in [1.165, 1.54) is 16.8 Å². The number of hydrogen-bond acceptors (Lipinski definition) is 3. The summed E-state index contributed by atoms with van der Waals surface area (Å²) in [5.41, 5.74) is 7.73. The van der Waals surface area contributed by atoms with Gasteiger partial charge in [0.1, 0.15) is 24.0 Å². The molecule has 4 heterocycles. The molecule has 5 nitrogen and oxygen atoms in total. The minimum absolute atomic E-state index is 0.00296. The smallest absolute Gasteiger partial charge is 0.137 e. The summed E-state index contributed by atoms with van der Waals surface area (Å²) in [5, 5.41) is 7.05. The lowest BCUT2D eigenvalue weighted by atomic mass is 9.86. The Hall–Kier alpha value is -7.89. The van der Waals surface area contributed by atoms with E-state index in [1.807, 2.05) is 47.4 Å². The van der Waals surface area contributed by atoms with E-state index >= 15 is 0 Å². The first-order valence-corrected chi connectivity index (χ1v) is 22.1. The van der Waals surface area contributed by atoms with Crippen molar-refractivity contribution in [3.05, 3.63) is 204 Å². The van der Waals surface area contributed by atoms with Crippen molar-refractivity contribution in [1.82, 2.24) is 14.1 Å². The van der Waals surface area contributed by atoms with Gasteiger partial charge in [-0.2, -0.15) is 0 Å². The second-order valence-corrected chi connectivity index (χ2v) is 18.3. The Kier molecular flexibility index (Phi) is 6.93. The summed E-state index contributed by atoms with van der Waals surface area (Å²) in [4.78, 5) is 6.81. The summed E-state index contributed by atoms with van der Waals surface area (Å²) in [6.45, 7) is 8.18. The molecule has 320 valence electrons. The average molecular weight is 865 g/mol. The number of rotatable bonds is 5. The number of ether oxygens (including phenoxy) is 1. The molecule has 0 radical (unpaired) electrons. The largest absolute Gasteiger partial charge is 0.457 e. The fraction of sp³-hybridized carbons (Fsp3) is 0.131. The van der Waals surface area contributed by atoms with Gasteiger partial charge in [0.2, 0.25) is 0 Å². The Bertz CT molecular complexity index is 4380. The maximum Gasteiger partial charge on any atom is 0.137 e. The lowest BCUT2D eigenvalue weighted by Gasteiger charge is -2.21. The van der Waals surface area contributed by atoms with Crippen LogP contribution in [0.15, 0.2) is 182 Å². The van der Waals surface area contributed by atoms with Gasteiger partial charge in [-0.1, -0.05) is 148 Å². The fourth-order valence-electron chi connectivity index (χ4n) is 9.86. The summed E-state index contributed by atoms with van der Waals surface area (Å²) in [5.74, 6) is 0.293. The molecule has 1 aliphatic rings. The third kappa shape index (κ3) is 6.41. The summed E-state index contributed by atoms with van der Waals surface area (Å²) in [6.07, 6.45) is 1.49. The van der Waals surface area contributed by atoms with Crippen LogP contribution in [0.4, 0.5) is 11.4 Å². The van der Waals surface area contributed by atoms with Crippen LogP contribution in [-0.2, 0) is 12.1 Å². The van der Waals surface area contributed by atoms with Crippen LogP contribution in [0.2, 0.25) is 0 Å². The Labute approximate surface area is 399 Å². The van der Waals surface area contributed by atoms with E-state index < -0.39 is 18.9 Å². The van der Waals surface area contributed by atoms with Crippen molar-refractivity contribution in [2.75, 3.05) is 4.90 Å².